The molecule has 0 bridgehead atoms. The van der Waals surface area contributed by atoms with E-state index in [1.165, 1.54) is 62.1 Å². The van der Waals surface area contributed by atoms with Crippen molar-refractivity contribution in [3.63, 3.8) is 0 Å². The summed E-state index contributed by atoms with van der Waals surface area (Å²) >= 11 is 0. The normalized spacial score (nSPS) is 27.5. The number of ether oxygens (including phenoxy) is 1. The van der Waals surface area contributed by atoms with Gasteiger partial charge in [-0.1, -0.05) is 0 Å². The van der Waals surface area contributed by atoms with Gasteiger partial charge < -0.3 is 14.5 Å². The molecule has 0 saturated carbocycles. The van der Waals surface area contributed by atoms with E-state index in [2.05, 4.69) is 23.8 Å². The Morgan fingerprint density at radius 3 is 2.75 bits per heavy atom. The Bertz CT molecular complexity index is 591. The minimum atomic E-state index is 0.513. The Labute approximate surface area is 145 Å². The summed E-state index contributed by atoms with van der Waals surface area (Å²) in [6, 6.07) is 1.69. The molecule has 0 radical (unpaired) electrons. The molecule has 0 unspecified atom stereocenters. The summed E-state index contributed by atoms with van der Waals surface area (Å²) in [6.45, 7) is 5.34. The van der Waals surface area contributed by atoms with Crippen molar-refractivity contribution < 1.29 is 4.74 Å². The highest BCUT2D eigenvalue weighted by atomic mass is 16.5. The summed E-state index contributed by atoms with van der Waals surface area (Å²) in [4.78, 5) is 14.5. The number of piperidine rings is 1. The van der Waals surface area contributed by atoms with Crippen LogP contribution >= 0.6 is 0 Å². The van der Waals surface area contributed by atoms with Crippen molar-refractivity contribution in [1.82, 2.24) is 14.9 Å². The van der Waals surface area contributed by atoms with Gasteiger partial charge >= 0.3 is 6.01 Å². The van der Waals surface area contributed by atoms with Crippen LogP contribution in [-0.4, -0.2) is 53.7 Å². The van der Waals surface area contributed by atoms with Crippen molar-refractivity contribution in [3.05, 3.63) is 11.3 Å². The van der Waals surface area contributed by atoms with Crippen LogP contribution in [0, 0.1) is 0 Å². The second kappa shape index (κ2) is 6.87. The van der Waals surface area contributed by atoms with Crippen molar-refractivity contribution in [2.24, 2.45) is 0 Å². The van der Waals surface area contributed by atoms with Gasteiger partial charge in [0.15, 0.2) is 0 Å². The molecule has 2 aliphatic heterocycles. The summed E-state index contributed by atoms with van der Waals surface area (Å²) < 4.78 is 6.06. The molecule has 5 nitrogen and oxygen atoms in total. The number of likely N-dealkylation sites (N-methyl/N-ethyl adjacent to an activating group) is 1. The van der Waals surface area contributed by atoms with Gasteiger partial charge in [-0.3, -0.25) is 0 Å². The predicted octanol–water partition coefficient (Wildman–Crippen LogP) is 2.82. The van der Waals surface area contributed by atoms with Crippen LogP contribution < -0.4 is 9.64 Å². The SMILES string of the molecule is C[C@H]1CCCCN1c1nc(OC[C@@H]2CCCN2C)nc2c1CCC2. The van der Waals surface area contributed by atoms with Gasteiger partial charge in [0.05, 0.1) is 5.69 Å². The number of anilines is 1. The molecule has 5 heteroatoms. The number of hydrogen-bond donors (Lipinski definition) is 0. The Morgan fingerprint density at radius 2 is 1.96 bits per heavy atom. The van der Waals surface area contributed by atoms with Gasteiger partial charge in [-0.15, -0.1) is 0 Å². The Morgan fingerprint density at radius 1 is 1.04 bits per heavy atom. The number of aryl methyl sites for hydroxylation is 1. The van der Waals surface area contributed by atoms with E-state index in [9.17, 15) is 0 Å². The van der Waals surface area contributed by atoms with E-state index in [-0.39, 0.29) is 0 Å². The third kappa shape index (κ3) is 3.10. The lowest BCUT2D eigenvalue weighted by Crippen LogP contribution is -2.39. The first kappa shape index (κ1) is 16.1. The predicted molar refractivity (Wildman–Crippen MR) is 95.9 cm³/mol. The van der Waals surface area contributed by atoms with Crippen molar-refractivity contribution in [3.8, 4) is 6.01 Å². The summed E-state index contributed by atoms with van der Waals surface area (Å²) in [5.41, 5.74) is 2.61. The second-order valence-corrected chi connectivity index (χ2v) is 7.73. The maximum absolute atomic E-state index is 6.06. The van der Waals surface area contributed by atoms with Gasteiger partial charge in [-0.2, -0.15) is 9.97 Å². The molecular weight excluding hydrogens is 300 g/mol. The second-order valence-electron chi connectivity index (χ2n) is 7.73. The zero-order chi connectivity index (χ0) is 16.5. The Kier molecular flexibility index (Phi) is 4.61. The fraction of sp³-hybridized carbons (Fsp3) is 0.789. The van der Waals surface area contributed by atoms with Crippen LogP contribution in [0.25, 0.3) is 0 Å². The lowest BCUT2D eigenvalue weighted by molar-refractivity contribution is 0.187. The lowest BCUT2D eigenvalue weighted by atomic mass is 10.0. The van der Waals surface area contributed by atoms with Gasteiger partial charge in [0.2, 0.25) is 0 Å². The summed E-state index contributed by atoms with van der Waals surface area (Å²) in [6.07, 6.45) is 9.76. The number of fused-ring (bicyclic) bond motifs is 1. The average Bonchev–Trinajstić information content (AvgIpc) is 3.21. The molecule has 24 heavy (non-hydrogen) atoms. The molecule has 0 amide bonds. The standard InChI is InChI=1S/C19H30N4O/c1-14-7-3-4-12-23(14)18-16-9-5-10-17(16)20-19(21-18)24-13-15-8-6-11-22(15)2/h14-15H,3-13H2,1-2H3/t14-,15-/m0/s1. The van der Waals surface area contributed by atoms with E-state index < -0.39 is 0 Å². The molecule has 132 valence electrons. The van der Waals surface area contributed by atoms with Crippen molar-refractivity contribution in [2.45, 2.75) is 70.4 Å². The van der Waals surface area contributed by atoms with E-state index in [1.807, 2.05) is 0 Å². The first-order valence-electron chi connectivity index (χ1n) is 9.72. The number of hydrogen-bond acceptors (Lipinski definition) is 5. The average molecular weight is 330 g/mol. The van der Waals surface area contributed by atoms with Crippen LogP contribution in [0.3, 0.4) is 0 Å². The number of likely N-dealkylation sites (tertiary alicyclic amines) is 1. The molecule has 0 spiro atoms. The van der Waals surface area contributed by atoms with Crippen LogP contribution in [-0.2, 0) is 12.8 Å². The third-order valence-corrected chi connectivity index (χ3v) is 6.04. The summed E-state index contributed by atoms with van der Waals surface area (Å²) in [5, 5.41) is 0. The molecule has 2 fully saturated rings. The fourth-order valence-electron chi connectivity index (χ4n) is 4.47. The number of rotatable bonds is 4. The fourth-order valence-corrected chi connectivity index (χ4v) is 4.47. The van der Waals surface area contributed by atoms with E-state index in [0.29, 0.717) is 24.7 Å². The molecule has 1 aromatic rings. The van der Waals surface area contributed by atoms with Crippen molar-refractivity contribution in [1.29, 1.82) is 0 Å². The minimum Gasteiger partial charge on any atom is -0.462 e. The zero-order valence-electron chi connectivity index (χ0n) is 15.1. The maximum Gasteiger partial charge on any atom is 0.318 e. The number of aromatic nitrogens is 2. The van der Waals surface area contributed by atoms with Gasteiger partial charge in [0, 0.05) is 24.2 Å². The molecular formula is C19H30N4O. The van der Waals surface area contributed by atoms with E-state index in [0.717, 1.165) is 19.4 Å². The highest BCUT2D eigenvalue weighted by Gasteiger charge is 2.28. The van der Waals surface area contributed by atoms with E-state index in [1.54, 1.807) is 0 Å². The highest BCUT2D eigenvalue weighted by molar-refractivity contribution is 5.52. The molecule has 4 rings (SSSR count). The zero-order valence-corrected chi connectivity index (χ0v) is 15.1. The Balaban J connectivity index is 1.55. The van der Waals surface area contributed by atoms with Crippen molar-refractivity contribution in [2.75, 3.05) is 31.6 Å². The monoisotopic (exact) mass is 330 g/mol. The molecule has 3 heterocycles. The summed E-state index contributed by atoms with van der Waals surface area (Å²) in [7, 11) is 2.19. The molecule has 3 aliphatic rings. The maximum atomic E-state index is 6.06. The summed E-state index contributed by atoms with van der Waals surface area (Å²) in [5.74, 6) is 1.17. The molecule has 1 aliphatic carbocycles. The van der Waals surface area contributed by atoms with Crippen LogP contribution in [0.2, 0.25) is 0 Å². The van der Waals surface area contributed by atoms with Gasteiger partial charge in [-0.05, 0) is 71.9 Å². The quantitative estimate of drug-likeness (QED) is 0.849. The highest BCUT2D eigenvalue weighted by Crippen LogP contribution is 2.34. The molecule has 0 aromatic carbocycles. The number of nitrogens with zero attached hydrogens (tertiary/aromatic N) is 4. The van der Waals surface area contributed by atoms with Crippen LogP contribution in [0.5, 0.6) is 6.01 Å². The topological polar surface area (TPSA) is 41.5 Å². The first-order chi connectivity index (χ1) is 11.7. The van der Waals surface area contributed by atoms with Crippen molar-refractivity contribution >= 4 is 5.82 Å². The van der Waals surface area contributed by atoms with Gasteiger partial charge in [0.1, 0.15) is 12.4 Å². The molecule has 1 aromatic heterocycles. The van der Waals surface area contributed by atoms with E-state index >= 15 is 0 Å². The molecule has 0 N–H and O–H groups in total. The lowest BCUT2D eigenvalue weighted by Gasteiger charge is -2.35. The smallest absolute Gasteiger partial charge is 0.318 e. The van der Waals surface area contributed by atoms with Crippen LogP contribution in [0.4, 0.5) is 5.82 Å². The largest absolute Gasteiger partial charge is 0.462 e. The first-order valence-corrected chi connectivity index (χ1v) is 9.72. The van der Waals surface area contributed by atoms with Gasteiger partial charge in [-0.25, -0.2) is 0 Å². The minimum absolute atomic E-state index is 0.513. The third-order valence-electron chi connectivity index (χ3n) is 6.04. The van der Waals surface area contributed by atoms with Crippen LogP contribution in [0.1, 0.15) is 56.7 Å². The Hall–Kier alpha value is -1.36. The van der Waals surface area contributed by atoms with Gasteiger partial charge in [0.25, 0.3) is 0 Å². The van der Waals surface area contributed by atoms with Crippen LogP contribution in [0.15, 0.2) is 0 Å². The van der Waals surface area contributed by atoms with E-state index in [4.69, 9.17) is 14.7 Å². The molecule has 2 saturated heterocycles. The molecule has 2 atom stereocenters.